The molecule has 82 heavy (non-hydrogen) atoms. The van der Waals surface area contributed by atoms with E-state index < -0.39 is 100 Å². The number of carbonyl (C=O) groups excluding carboxylic acids is 4. The first-order valence-electron chi connectivity index (χ1n) is 31.4. The second-order valence-corrected chi connectivity index (χ2v) is 36.8. The molecule has 15 atom stereocenters. The lowest BCUT2D eigenvalue weighted by atomic mass is 9.73. The third-order valence-electron chi connectivity index (χ3n) is 20.3. The van der Waals surface area contributed by atoms with Gasteiger partial charge in [0, 0.05) is 52.6 Å². The first kappa shape index (κ1) is 69.9. The van der Waals surface area contributed by atoms with Crippen LogP contribution >= 0.6 is 0 Å². The average Bonchev–Trinajstić information content (AvgIpc) is 3.59. The van der Waals surface area contributed by atoms with Crippen LogP contribution < -0.4 is 0 Å². The smallest absolute Gasteiger partial charge is 0.329 e. The van der Waals surface area contributed by atoms with Gasteiger partial charge in [-0.15, -0.1) is 0 Å². The van der Waals surface area contributed by atoms with Gasteiger partial charge in [0.25, 0.3) is 11.7 Å². The van der Waals surface area contributed by atoms with Crippen LogP contribution in [0.4, 0.5) is 0 Å². The van der Waals surface area contributed by atoms with Crippen molar-refractivity contribution in [3.05, 3.63) is 58.2 Å². The zero-order valence-corrected chi connectivity index (χ0v) is 56.2. The number of cyclic esters (lactones) is 1. The number of rotatable bonds is 17. The molecule has 4 aliphatic rings. The predicted molar refractivity (Wildman–Crippen MR) is 329 cm³/mol. The van der Waals surface area contributed by atoms with Gasteiger partial charge in [0.05, 0.1) is 36.1 Å². The fourth-order valence-corrected chi connectivity index (χ4v) is 18.3. The SMILES string of the molecule is CCC1CCN2C(=O)C(=O)C3(O)OC(C(OC)CC(C)C/C(C)=C/CC(=O)CC(O[Si](C)(C)C(C)(C)C)C(C)C(C(C)=CC4CCC(CCC(O)c5cc(C)cc(C)c5)(O[Si](CC)(CC)CC)C(OC)C4)OC(=O)C2C1)C(OC)CC3C. The number of aryl methyl sites for hydroxylation is 2. The third kappa shape index (κ3) is 16.8. The highest BCUT2D eigenvalue weighted by Crippen LogP contribution is 2.47. The summed E-state index contributed by atoms with van der Waals surface area (Å²) in [6, 6.07) is 8.02. The van der Waals surface area contributed by atoms with Crippen molar-refractivity contribution < 1.29 is 61.9 Å². The van der Waals surface area contributed by atoms with Crippen LogP contribution in [0.1, 0.15) is 189 Å². The van der Waals surface area contributed by atoms with Crippen LogP contribution in [0.3, 0.4) is 0 Å². The highest BCUT2D eigenvalue weighted by Gasteiger charge is 2.57. The molecule has 2 saturated heterocycles. The number of ketones is 2. The normalized spacial score (nSPS) is 34.1. The van der Waals surface area contributed by atoms with Gasteiger partial charge in [-0.3, -0.25) is 14.4 Å². The van der Waals surface area contributed by atoms with Crippen LogP contribution in [0.5, 0.6) is 0 Å². The van der Waals surface area contributed by atoms with E-state index in [0.29, 0.717) is 44.9 Å². The molecule has 1 aliphatic carbocycles. The van der Waals surface area contributed by atoms with E-state index in [1.54, 1.807) is 28.3 Å². The van der Waals surface area contributed by atoms with E-state index in [9.17, 15) is 24.6 Å². The Kier molecular flexibility index (Phi) is 25.3. The molecule has 0 spiro atoms. The van der Waals surface area contributed by atoms with E-state index in [1.807, 2.05) is 26.8 Å². The van der Waals surface area contributed by atoms with Crippen molar-refractivity contribution in [2.45, 2.75) is 277 Å². The minimum absolute atomic E-state index is 0.00954. The summed E-state index contributed by atoms with van der Waals surface area (Å²) in [5, 5.41) is 24.0. The molecule has 15 unspecified atom stereocenters. The molecule has 1 aromatic rings. The predicted octanol–water partition coefficient (Wildman–Crippen LogP) is 13.0. The molecular formula is C66H111NO13Si2. The molecule has 0 radical (unpaired) electrons. The van der Waals surface area contributed by atoms with Crippen LogP contribution in [0, 0.1) is 43.4 Å². The average molecular weight is 1180 g/mol. The van der Waals surface area contributed by atoms with E-state index in [0.717, 1.165) is 58.8 Å². The molecule has 3 heterocycles. The number of carbonyl (C=O) groups is 4. The molecule has 3 aliphatic heterocycles. The number of ether oxygens (including phenoxy) is 5. The number of hydrogen-bond acceptors (Lipinski definition) is 13. The zero-order chi connectivity index (χ0) is 61.3. The van der Waals surface area contributed by atoms with Crippen LogP contribution in [0.25, 0.3) is 0 Å². The van der Waals surface area contributed by atoms with Crippen molar-refractivity contribution in [1.29, 1.82) is 0 Å². The Morgan fingerprint density at radius 1 is 0.854 bits per heavy atom. The maximum absolute atomic E-state index is 15.5. The quantitative estimate of drug-likeness (QED) is 0.0653. The number of hydrogen-bond donors (Lipinski definition) is 2. The maximum atomic E-state index is 15.5. The van der Waals surface area contributed by atoms with Crippen LogP contribution in [-0.2, 0) is 51.7 Å². The van der Waals surface area contributed by atoms with Gasteiger partial charge in [-0.1, -0.05) is 123 Å². The second kappa shape index (κ2) is 29.7. The number of amides is 1. The van der Waals surface area contributed by atoms with Gasteiger partial charge < -0.3 is 47.6 Å². The van der Waals surface area contributed by atoms with Crippen LogP contribution in [-0.4, -0.2) is 137 Å². The highest BCUT2D eigenvalue weighted by molar-refractivity contribution is 6.74. The number of benzene rings is 1. The molecular weight excluding hydrogens is 1070 g/mol. The van der Waals surface area contributed by atoms with Gasteiger partial charge in [0.1, 0.15) is 24.0 Å². The Labute approximate surface area is 497 Å². The number of methoxy groups -OCH3 is 3. The molecule has 16 heteroatoms. The number of piperidine rings is 1. The van der Waals surface area contributed by atoms with Gasteiger partial charge in [-0.2, -0.15) is 0 Å². The van der Waals surface area contributed by atoms with Gasteiger partial charge in [0.15, 0.2) is 16.6 Å². The number of Topliss-reactive ketones (excluding diaryl/α,β-unsaturated/α-hetero) is 2. The van der Waals surface area contributed by atoms with E-state index >= 15 is 4.79 Å². The molecule has 2 bridgehead atoms. The Morgan fingerprint density at radius 2 is 1.48 bits per heavy atom. The molecule has 2 N–H and O–H groups in total. The van der Waals surface area contributed by atoms with Crippen LogP contribution in [0.2, 0.25) is 36.3 Å². The number of allylic oxidation sites excluding steroid dienone is 3. The largest absolute Gasteiger partial charge is 0.456 e. The van der Waals surface area contributed by atoms with Gasteiger partial charge >= 0.3 is 5.97 Å². The van der Waals surface area contributed by atoms with Crippen molar-refractivity contribution >= 4 is 40.1 Å². The first-order valence-corrected chi connectivity index (χ1v) is 36.9. The minimum atomic E-state index is -2.58. The summed E-state index contributed by atoms with van der Waals surface area (Å²) in [5.41, 5.74) is 4.32. The van der Waals surface area contributed by atoms with Crippen LogP contribution in [0.15, 0.2) is 41.5 Å². The summed E-state index contributed by atoms with van der Waals surface area (Å²) in [5.74, 6) is -6.61. The third-order valence-corrected chi connectivity index (χ3v) is 29.5. The highest BCUT2D eigenvalue weighted by atomic mass is 28.4. The number of aliphatic hydroxyl groups is 2. The summed E-state index contributed by atoms with van der Waals surface area (Å²) >= 11 is 0. The molecule has 0 aromatic heterocycles. The number of aliphatic hydroxyl groups excluding tert-OH is 1. The monoisotopic (exact) mass is 1180 g/mol. The van der Waals surface area contributed by atoms with Gasteiger partial charge in [-0.25, -0.2) is 4.79 Å². The number of esters is 1. The zero-order valence-electron chi connectivity index (χ0n) is 54.2. The maximum Gasteiger partial charge on any atom is 0.329 e. The Bertz CT molecular complexity index is 2330. The van der Waals surface area contributed by atoms with E-state index in [1.165, 1.54) is 4.90 Å². The topological polar surface area (TPSA) is 177 Å². The summed E-state index contributed by atoms with van der Waals surface area (Å²) in [7, 11) is 0.0894. The lowest BCUT2D eigenvalue weighted by molar-refractivity contribution is -0.302. The molecule has 1 aromatic carbocycles. The second-order valence-electron chi connectivity index (χ2n) is 27.3. The summed E-state index contributed by atoms with van der Waals surface area (Å²) in [6.45, 7) is 33.7. The summed E-state index contributed by atoms with van der Waals surface area (Å²) in [6.07, 6.45) is 6.05. The number of fused-ring (bicyclic) bond motifs is 3. The Morgan fingerprint density at radius 3 is 2.05 bits per heavy atom. The molecule has 5 rings (SSSR count). The molecule has 1 amide bonds. The standard InChI is InChI=1S/C66H111NO13Si2/c1-20-49-28-31-67-53(39-49)63(72)77-59(46(9)37-50-26-29-65(58(40-50)76-17,80-82(21-2,22-3)23-4)30-27-54(69)51-34-43(6)33-44(7)35-51)48(11)55(79-81(18,19)64(12,13)14)41-52(68)25-24-42(5)32-45(8)36-56(74-15)60-57(75-16)38-47(10)66(73,78-60)61(70)62(67)71/h24,33-35,37,45,47-50,53-60,69,73H,20-23,25-32,36,38-41H2,1-19H3/b42-24+,46-37?. The van der Waals surface area contributed by atoms with E-state index in [4.69, 9.17) is 32.5 Å². The molecule has 1 saturated carbocycles. The fraction of sp³-hybridized carbons (Fsp3) is 0.788. The summed E-state index contributed by atoms with van der Waals surface area (Å²) < 4.78 is 46.8. The van der Waals surface area contributed by atoms with Crippen molar-refractivity contribution in [2.24, 2.45) is 29.6 Å². The lowest BCUT2D eigenvalue weighted by Crippen LogP contribution is -2.64. The summed E-state index contributed by atoms with van der Waals surface area (Å²) in [4.78, 5) is 61.1. The van der Waals surface area contributed by atoms with Gasteiger partial charge in [-0.05, 0) is 157 Å². The minimum Gasteiger partial charge on any atom is -0.456 e. The van der Waals surface area contributed by atoms with E-state index in [2.05, 4.69) is 107 Å². The number of nitrogens with zero attached hydrogens (tertiary/aromatic N) is 1. The van der Waals surface area contributed by atoms with Gasteiger partial charge in [0.2, 0.25) is 5.79 Å². The molecule has 3 fully saturated rings. The van der Waals surface area contributed by atoms with Crippen molar-refractivity contribution in [2.75, 3.05) is 27.9 Å². The van der Waals surface area contributed by atoms with Crippen molar-refractivity contribution in [1.82, 2.24) is 4.90 Å². The molecule has 14 nitrogen and oxygen atoms in total. The fourth-order valence-electron chi connectivity index (χ4n) is 13.7. The Hall–Kier alpha value is -2.91. The Balaban J connectivity index is 1.63. The van der Waals surface area contributed by atoms with Crippen molar-refractivity contribution in [3.8, 4) is 0 Å². The molecule has 466 valence electrons. The van der Waals surface area contributed by atoms with Crippen molar-refractivity contribution in [3.63, 3.8) is 0 Å². The lowest BCUT2D eigenvalue weighted by Gasteiger charge is -2.50. The first-order chi connectivity index (χ1) is 38.4. The van der Waals surface area contributed by atoms with E-state index in [-0.39, 0.29) is 66.9 Å².